The third-order valence-corrected chi connectivity index (χ3v) is 5.07. The summed E-state index contributed by atoms with van der Waals surface area (Å²) in [5, 5.41) is 16.4. The number of thioether (sulfide) groups is 1. The number of rotatable bonds is 10. The van der Waals surface area contributed by atoms with E-state index in [9.17, 15) is 0 Å². The minimum Gasteiger partial charge on any atom is -0.443 e. The Morgan fingerprint density at radius 3 is 2.63 bits per heavy atom. The van der Waals surface area contributed by atoms with Gasteiger partial charge in [-0.2, -0.15) is 0 Å². The highest BCUT2D eigenvalue weighted by Crippen LogP contribution is 2.22. The Kier molecular flexibility index (Phi) is 9.20. The summed E-state index contributed by atoms with van der Waals surface area (Å²) in [5.41, 5.74) is -0.0516. The number of aryl methyl sites for hydroxylation is 1. The fourth-order valence-corrected chi connectivity index (χ4v) is 3.40. The molecule has 2 aromatic rings. The van der Waals surface area contributed by atoms with Gasteiger partial charge in [-0.3, -0.25) is 0 Å². The van der Waals surface area contributed by atoms with Gasteiger partial charge in [0.15, 0.2) is 11.1 Å². The third kappa shape index (κ3) is 7.34. The van der Waals surface area contributed by atoms with E-state index in [-0.39, 0.29) is 5.41 Å². The van der Waals surface area contributed by atoms with Crippen LogP contribution in [-0.4, -0.2) is 45.1 Å². The lowest BCUT2D eigenvalue weighted by Crippen LogP contribution is -2.38. The van der Waals surface area contributed by atoms with Crippen LogP contribution in [0.2, 0.25) is 0 Å². The first-order valence-corrected chi connectivity index (χ1v) is 11.9. The molecule has 0 aromatic carbocycles. The van der Waals surface area contributed by atoms with Crippen molar-refractivity contribution >= 4 is 17.7 Å². The van der Waals surface area contributed by atoms with Gasteiger partial charge in [0.05, 0.1) is 6.20 Å². The van der Waals surface area contributed by atoms with Gasteiger partial charge in [0.1, 0.15) is 18.1 Å². The maximum atomic E-state index is 5.82. The largest absolute Gasteiger partial charge is 0.443 e. The Labute approximate surface area is 184 Å². The van der Waals surface area contributed by atoms with Crippen molar-refractivity contribution < 1.29 is 4.42 Å². The summed E-state index contributed by atoms with van der Waals surface area (Å²) >= 11 is 1.65. The van der Waals surface area contributed by atoms with Crippen LogP contribution in [0.25, 0.3) is 0 Å². The van der Waals surface area contributed by atoms with E-state index in [1.165, 1.54) is 0 Å². The maximum absolute atomic E-state index is 5.82. The lowest BCUT2D eigenvalue weighted by molar-refractivity contribution is 0.383. The van der Waals surface area contributed by atoms with Gasteiger partial charge in [0.25, 0.3) is 0 Å². The van der Waals surface area contributed by atoms with Gasteiger partial charge in [-0.25, -0.2) is 9.98 Å². The molecule has 30 heavy (non-hydrogen) atoms. The number of nitrogens with zero attached hydrogens (tertiary/aromatic N) is 5. The molecule has 168 valence electrons. The summed E-state index contributed by atoms with van der Waals surface area (Å²) < 4.78 is 8.06. The predicted octanol–water partition coefficient (Wildman–Crippen LogP) is 3.63. The van der Waals surface area contributed by atoms with Gasteiger partial charge in [0.2, 0.25) is 5.89 Å². The van der Waals surface area contributed by atoms with Crippen molar-refractivity contribution in [1.82, 2.24) is 30.4 Å². The van der Waals surface area contributed by atoms with Crippen molar-refractivity contribution in [1.29, 1.82) is 0 Å². The molecule has 2 N–H and O–H groups in total. The number of aromatic nitrogens is 4. The number of aliphatic imine (C=N–C) groups is 1. The average Bonchev–Trinajstić information content (AvgIpc) is 3.30. The number of oxazole rings is 1. The summed E-state index contributed by atoms with van der Waals surface area (Å²) in [6.07, 6.45) is 5.66. The molecule has 0 radical (unpaired) electrons. The van der Waals surface area contributed by atoms with Gasteiger partial charge in [-0.15, -0.1) is 10.2 Å². The molecule has 0 bridgehead atoms. The van der Waals surface area contributed by atoms with Gasteiger partial charge in [0, 0.05) is 31.5 Å². The zero-order valence-corrected chi connectivity index (χ0v) is 20.3. The van der Waals surface area contributed by atoms with Gasteiger partial charge in [-0.05, 0) is 25.5 Å². The first-order chi connectivity index (χ1) is 14.2. The van der Waals surface area contributed by atoms with Crippen LogP contribution >= 0.6 is 11.8 Å². The SMILES string of the molecule is CCNC(=NCc1ncc(C(C)(C)C)o1)NCCCc1nnc(SC)n1CC(C)C. The quantitative estimate of drug-likeness (QED) is 0.255. The number of nitrogens with one attached hydrogen (secondary N) is 2. The molecule has 2 heterocycles. The molecule has 0 aliphatic carbocycles. The predicted molar refractivity (Wildman–Crippen MR) is 123 cm³/mol. The van der Waals surface area contributed by atoms with Crippen molar-refractivity contribution in [2.45, 2.75) is 78.0 Å². The summed E-state index contributed by atoms with van der Waals surface area (Å²) in [4.78, 5) is 8.94. The molecule has 0 amide bonds. The number of hydrogen-bond acceptors (Lipinski definition) is 6. The Bertz CT molecular complexity index is 805. The molecular weight excluding hydrogens is 398 g/mol. The van der Waals surface area contributed by atoms with Crippen molar-refractivity contribution in [2.75, 3.05) is 19.3 Å². The van der Waals surface area contributed by atoms with Crippen LogP contribution in [0.3, 0.4) is 0 Å². The van der Waals surface area contributed by atoms with Crippen LogP contribution in [0.15, 0.2) is 20.8 Å². The molecule has 0 fully saturated rings. The van der Waals surface area contributed by atoms with Gasteiger partial charge < -0.3 is 19.6 Å². The van der Waals surface area contributed by atoms with Crippen molar-refractivity contribution in [3.63, 3.8) is 0 Å². The Morgan fingerprint density at radius 1 is 1.27 bits per heavy atom. The number of guanidine groups is 1. The molecule has 0 aliphatic heterocycles. The second-order valence-corrected chi connectivity index (χ2v) is 9.47. The van der Waals surface area contributed by atoms with Crippen LogP contribution in [0.1, 0.15) is 65.4 Å². The second-order valence-electron chi connectivity index (χ2n) is 8.70. The highest BCUT2D eigenvalue weighted by Gasteiger charge is 2.19. The lowest BCUT2D eigenvalue weighted by Gasteiger charge is -2.13. The summed E-state index contributed by atoms with van der Waals surface area (Å²) in [7, 11) is 0. The van der Waals surface area contributed by atoms with E-state index in [2.05, 4.69) is 76.9 Å². The monoisotopic (exact) mass is 435 g/mol. The summed E-state index contributed by atoms with van der Waals surface area (Å²) in [5.74, 6) is 3.88. The molecule has 0 saturated heterocycles. The first-order valence-electron chi connectivity index (χ1n) is 10.7. The first kappa shape index (κ1) is 24.2. The Hall–Kier alpha value is -2.03. The molecule has 2 aromatic heterocycles. The molecule has 9 heteroatoms. The lowest BCUT2D eigenvalue weighted by atomic mass is 9.94. The van der Waals surface area contributed by atoms with Crippen molar-refractivity contribution in [3.05, 3.63) is 23.7 Å². The molecule has 0 atom stereocenters. The standard InChI is InChI=1S/C21H37N7OS/c1-8-22-19(25-13-18-24-12-16(29-18)21(4,5)6)23-11-9-10-17-26-27-20(30-7)28(17)14-15(2)3/h12,15H,8-11,13-14H2,1-7H3,(H2,22,23,25). The molecular formula is C21H37N7OS. The highest BCUT2D eigenvalue weighted by molar-refractivity contribution is 7.98. The van der Waals surface area contributed by atoms with E-state index in [0.717, 1.165) is 55.2 Å². The normalized spacial score (nSPS) is 12.6. The van der Waals surface area contributed by atoms with E-state index in [1.807, 2.05) is 6.26 Å². The summed E-state index contributed by atoms with van der Waals surface area (Å²) in [6.45, 7) is 15.8. The topological polar surface area (TPSA) is 93.2 Å². The molecule has 0 spiro atoms. The van der Waals surface area contributed by atoms with Crippen LogP contribution in [0.4, 0.5) is 0 Å². The average molecular weight is 436 g/mol. The van der Waals surface area contributed by atoms with E-state index >= 15 is 0 Å². The number of hydrogen-bond donors (Lipinski definition) is 2. The van der Waals surface area contributed by atoms with Crippen LogP contribution in [-0.2, 0) is 24.9 Å². The van der Waals surface area contributed by atoms with E-state index < -0.39 is 0 Å². The summed E-state index contributed by atoms with van der Waals surface area (Å²) in [6, 6.07) is 0. The van der Waals surface area contributed by atoms with Crippen LogP contribution < -0.4 is 10.6 Å². The van der Waals surface area contributed by atoms with Gasteiger partial charge in [-0.1, -0.05) is 46.4 Å². The molecule has 0 unspecified atom stereocenters. The fourth-order valence-electron chi connectivity index (χ4n) is 2.88. The van der Waals surface area contributed by atoms with Crippen LogP contribution in [0.5, 0.6) is 0 Å². The van der Waals surface area contributed by atoms with Crippen molar-refractivity contribution in [2.24, 2.45) is 10.9 Å². The van der Waals surface area contributed by atoms with E-state index in [4.69, 9.17) is 4.42 Å². The molecule has 0 saturated carbocycles. The Balaban J connectivity index is 1.89. The van der Waals surface area contributed by atoms with Crippen molar-refractivity contribution in [3.8, 4) is 0 Å². The minimum atomic E-state index is -0.0516. The molecule has 8 nitrogen and oxygen atoms in total. The third-order valence-electron chi connectivity index (χ3n) is 4.40. The molecule has 0 aliphatic rings. The maximum Gasteiger partial charge on any atom is 0.216 e. The van der Waals surface area contributed by atoms with Gasteiger partial charge >= 0.3 is 0 Å². The highest BCUT2D eigenvalue weighted by atomic mass is 32.2. The zero-order valence-electron chi connectivity index (χ0n) is 19.4. The zero-order chi connectivity index (χ0) is 22.1. The van der Waals surface area contributed by atoms with Crippen LogP contribution in [0, 0.1) is 5.92 Å². The smallest absolute Gasteiger partial charge is 0.216 e. The second kappa shape index (κ2) is 11.4. The Morgan fingerprint density at radius 2 is 2.03 bits per heavy atom. The van der Waals surface area contributed by atoms with E-state index in [1.54, 1.807) is 18.0 Å². The molecule has 2 rings (SSSR count). The van der Waals surface area contributed by atoms with E-state index in [0.29, 0.717) is 18.4 Å². The minimum absolute atomic E-state index is 0.0516. The fraction of sp³-hybridized carbons (Fsp3) is 0.714.